The highest BCUT2D eigenvalue weighted by Crippen LogP contribution is 2.37. The van der Waals surface area contributed by atoms with Gasteiger partial charge in [0.15, 0.2) is 11.5 Å². The molecule has 7 nitrogen and oxygen atoms in total. The topological polar surface area (TPSA) is 77.1 Å². The van der Waals surface area contributed by atoms with Crippen molar-refractivity contribution >= 4 is 11.9 Å². The van der Waals surface area contributed by atoms with Gasteiger partial charge in [0.1, 0.15) is 18.8 Å². The summed E-state index contributed by atoms with van der Waals surface area (Å²) < 4.78 is 16.6. The van der Waals surface area contributed by atoms with E-state index in [4.69, 9.17) is 14.2 Å². The average molecular weight is 332 g/mol. The van der Waals surface area contributed by atoms with Crippen LogP contribution in [-0.4, -0.2) is 49.3 Å². The van der Waals surface area contributed by atoms with E-state index in [9.17, 15) is 9.59 Å². The molecular formula is C17H20N2O5. The van der Waals surface area contributed by atoms with Crippen LogP contribution in [0, 0.1) is 0 Å². The summed E-state index contributed by atoms with van der Waals surface area (Å²) in [5.74, 6) is 0.987. The van der Waals surface area contributed by atoms with Gasteiger partial charge in [0.2, 0.25) is 0 Å². The van der Waals surface area contributed by atoms with Crippen molar-refractivity contribution in [2.45, 2.75) is 31.4 Å². The van der Waals surface area contributed by atoms with Crippen molar-refractivity contribution < 1.29 is 23.8 Å². The Kier molecular flexibility index (Phi) is 3.60. The van der Waals surface area contributed by atoms with Crippen LogP contribution >= 0.6 is 0 Å². The number of imide groups is 1. The van der Waals surface area contributed by atoms with Gasteiger partial charge in [-0.25, -0.2) is 4.79 Å². The molecule has 24 heavy (non-hydrogen) atoms. The number of hydrogen-bond donors (Lipinski definition) is 1. The van der Waals surface area contributed by atoms with Crippen molar-refractivity contribution in [3.63, 3.8) is 0 Å². The molecule has 0 unspecified atom stereocenters. The van der Waals surface area contributed by atoms with Crippen LogP contribution in [0.15, 0.2) is 18.2 Å². The lowest BCUT2D eigenvalue weighted by atomic mass is 9.91. The summed E-state index contributed by atoms with van der Waals surface area (Å²) in [4.78, 5) is 26.5. The standard InChI is InChI=1S/C17H20N2O5/c1-17(11-4-5-13-14(9-11)24-8-7-23-13)15(20)19(16(21)18-17)10-12-3-2-6-22-12/h4-5,9,12H,2-3,6-8,10H2,1H3,(H,18,21)/t12-,17+/m0/s1. The van der Waals surface area contributed by atoms with Crippen LogP contribution in [-0.2, 0) is 15.1 Å². The zero-order chi connectivity index (χ0) is 16.7. The SMILES string of the molecule is C[C@]1(c2ccc3c(c2)OCCO3)NC(=O)N(C[C@@H]2CCCO2)C1=O. The van der Waals surface area contributed by atoms with Gasteiger partial charge in [-0.05, 0) is 37.5 Å². The largest absolute Gasteiger partial charge is 0.486 e. The van der Waals surface area contributed by atoms with Crippen molar-refractivity contribution in [2.75, 3.05) is 26.4 Å². The van der Waals surface area contributed by atoms with Crippen molar-refractivity contribution in [1.82, 2.24) is 10.2 Å². The van der Waals surface area contributed by atoms with Crippen LogP contribution in [0.5, 0.6) is 11.5 Å². The average Bonchev–Trinajstić information content (AvgIpc) is 3.18. The fourth-order valence-electron chi connectivity index (χ4n) is 3.40. The summed E-state index contributed by atoms with van der Waals surface area (Å²) in [6.07, 6.45) is 1.77. The van der Waals surface area contributed by atoms with Gasteiger partial charge in [0, 0.05) is 6.61 Å². The molecule has 0 radical (unpaired) electrons. The normalized spacial score (nSPS) is 29.0. The number of fused-ring (bicyclic) bond motifs is 1. The number of amides is 3. The van der Waals surface area contributed by atoms with E-state index in [0.29, 0.717) is 43.4 Å². The first-order valence-electron chi connectivity index (χ1n) is 8.24. The molecule has 3 heterocycles. The predicted octanol–water partition coefficient (Wildman–Crippen LogP) is 1.40. The van der Waals surface area contributed by atoms with Gasteiger partial charge in [-0.1, -0.05) is 6.07 Å². The summed E-state index contributed by atoms with van der Waals surface area (Å²) in [5, 5.41) is 2.81. The Morgan fingerprint density at radius 2 is 2.00 bits per heavy atom. The minimum absolute atomic E-state index is 0.0673. The third kappa shape index (κ3) is 2.39. The maximum Gasteiger partial charge on any atom is 0.325 e. The number of rotatable bonds is 3. The molecule has 128 valence electrons. The molecule has 0 aromatic heterocycles. The number of benzene rings is 1. The van der Waals surface area contributed by atoms with E-state index < -0.39 is 5.54 Å². The zero-order valence-electron chi connectivity index (χ0n) is 13.5. The highest BCUT2D eigenvalue weighted by Gasteiger charge is 2.50. The quantitative estimate of drug-likeness (QED) is 0.847. The number of hydrogen-bond acceptors (Lipinski definition) is 5. The van der Waals surface area contributed by atoms with Crippen LogP contribution in [0.1, 0.15) is 25.3 Å². The minimum atomic E-state index is -1.11. The van der Waals surface area contributed by atoms with Crippen molar-refractivity contribution in [2.24, 2.45) is 0 Å². The monoisotopic (exact) mass is 332 g/mol. The Morgan fingerprint density at radius 3 is 2.75 bits per heavy atom. The number of nitrogens with zero attached hydrogens (tertiary/aromatic N) is 1. The van der Waals surface area contributed by atoms with Crippen LogP contribution in [0.4, 0.5) is 4.79 Å². The summed E-state index contributed by atoms with van der Waals surface area (Å²) in [6.45, 7) is 3.68. The first-order chi connectivity index (χ1) is 11.6. The number of carbonyl (C=O) groups excluding carboxylic acids is 2. The summed E-state index contributed by atoms with van der Waals surface area (Å²) >= 11 is 0. The first kappa shape index (κ1) is 15.3. The Balaban J connectivity index is 1.60. The van der Waals surface area contributed by atoms with Gasteiger partial charge in [0.25, 0.3) is 5.91 Å². The molecule has 0 saturated carbocycles. The Morgan fingerprint density at radius 1 is 1.21 bits per heavy atom. The maximum atomic E-state index is 12.9. The fourth-order valence-corrected chi connectivity index (χ4v) is 3.40. The lowest BCUT2D eigenvalue weighted by Crippen LogP contribution is -2.42. The van der Waals surface area contributed by atoms with Gasteiger partial charge in [-0.3, -0.25) is 9.69 Å². The van der Waals surface area contributed by atoms with E-state index in [1.54, 1.807) is 25.1 Å². The first-order valence-corrected chi connectivity index (χ1v) is 8.24. The molecule has 3 aliphatic rings. The summed E-state index contributed by atoms with van der Waals surface area (Å²) in [7, 11) is 0. The maximum absolute atomic E-state index is 12.9. The van der Waals surface area contributed by atoms with Crippen molar-refractivity contribution in [3.8, 4) is 11.5 Å². The molecule has 4 rings (SSSR count). The highest BCUT2D eigenvalue weighted by atomic mass is 16.6. The number of carbonyl (C=O) groups is 2. The van der Waals surface area contributed by atoms with Crippen LogP contribution < -0.4 is 14.8 Å². The summed E-state index contributed by atoms with van der Waals surface area (Å²) in [6, 6.07) is 4.95. The molecule has 1 aromatic carbocycles. The van der Waals surface area contributed by atoms with E-state index in [1.165, 1.54) is 4.90 Å². The smallest absolute Gasteiger partial charge is 0.325 e. The number of urea groups is 1. The highest BCUT2D eigenvalue weighted by molar-refractivity contribution is 6.07. The number of nitrogens with one attached hydrogen (secondary N) is 1. The molecule has 0 aliphatic carbocycles. The Labute approximate surface area is 139 Å². The van der Waals surface area contributed by atoms with E-state index in [1.807, 2.05) is 0 Å². The van der Waals surface area contributed by atoms with E-state index in [-0.39, 0.29) is 18.0 Å². The van der Waals surface area contributed by atoms with Crippen LogP contribution in [0.25, 0.3) is 0 Å². The summed E-state index contributed by atoms with van der Waals surface area (Å²) in [5.41, 5.74) is -0.425. The zero-order valence-corrected chi connectivity index (χ0v) is 13.5. The molecule has 2 saturated heterocycles. The third-order valence-corrected chi connectivity index (χ3v) is 4.80. The molecule has 0 spiro atoms. The van der Waals surface area contributed by atoms with Crippen molar-refractivity contribution in [3.05, 3.63) is 23.8 Å². The van der Waals surface area contributed by atoms with Gasteiger partial charge < -0.3 is 19.5 Å². The van der Waals surface area contributed by atoms with Gasteiger partial charge in [-0.15, -0.1) is 0 Å². The molecule has 3 amide bonds. The molecule has 1 aromatic rings. The van der Waals surface area contributed by atoms with E-state index in [0.717, 1.165) is 12.8 Å². The molecule has 2 atom stereocenters. The number of ether oxygens (including phenoxy) is 3. The Bertz CT molecular complexity index is 686. The van der Waals surface area contributed by atoms with Crippen LogP contribution in [0.2, 0.25) is 0 Å². The molecular weight excluding hydrogens is 312 g/mol. The second-order valence-electron chi connectivity index (χ2n) is 6.46. The van der Waals surface area contributed by atoms with E-state index in [2.05, 4.69) is 5.32 Å². The van der Waals surface area contributed by atoms with Gasteiger partial charge >= 0.3 is 6.03 Å². The molecule has 2 fully saturated rings. The van der Waals surface area contributed by atoms with Gasteiger partial charge in [0.05, 0.1) is 12.6 Å². The molecule has 0 bridgehead atoms. The second-order valence-corrected chi connectivity index (χ2v) is 6.46. The van der Waals surface area contributed by atoms with Crippen molar-refractivity contribution in [1.29, 1.82) is 0 Å². The van der Waals surface area contributed by atoms with Crippen LogP contribution in [0.3, 0.4) is 0 Å². The molecule has 7 heteroatoms. The predicted molar refractivity (Wildman–Crippen MR) is 84.0 cm³/mol. The van der Waals surface area contributed by atoms with Gasteiger partial charge in [-0.2, -0.15) is 0 Å². The molecule has 3 aliphatic heterocycles. The lowest BCUT2D eigenvalue weighted by molar-refractivity contribution is -0.132. The Hall–Kier alpha value is -2.28. The minimum Gasteiger partial charge on any atom is -0.486 e. The van der Waals surface area contributed by atoms with E-state index >= 15 is 0 Å². The lowest BCUT2D eigenvalue weighted by Gasteiger charge is -2.25. The fraction of sp³-hybridized carbons (Fsp3) is 0.529. The molecule has 1 N–H and O–H groups in total. The third-order valence-electron chi connectivity index (χ3n) is 4.80. The second kappa shape index (κ2) is 5.66.